The Morgan fingerprint density at radius 2 is 2.33 bits per heavy atom. The molecule has 2 rings (SSSR count). The van der Waals surface area contributed by atoms with E-state index in [0.717, 1.165) is 24.1 Å². The first-order valence-corrected chi connectivity index (χ1v) is 6.71. The maximum Gasteiger partial charge on any atom is 0.184 e. The van der Waals surface area contributed by atoms with Crippen molar-refractivity contribution in [1.82, 2.24) is 10.2 Å². The molecule has 1 fully saturated rings. The number of Topliss-reactive ketones (excluding diaryl/α,β-unsaturated/α-hetero) is 1. The predicted octanol–water partition coefficient (Wildman–Crippen LogP) is 1.54. The van der Waals surface area contributed by atoms with Gasteiger partial charge < -0.3 is 15.0 Å². The number of hydrogen-bond donors (Lipinski definition) is 1. The molecule has 0 aromatic heterocycles. The smallest absolute Gasteiger partial charge is 0.184 e. The number of halogens is 1. The highest BCUT2D eigenvalue weighted by Crippen LogP contribution is 2.24. The number of nitrogens with zero attached hydrogens (tertiary/aromatic N) is 1. The molecule has 0 aliphatic carbocycles. The van der Waals surface area contributed by atoms with Crippen LogP contribution in [0.25, 0.3) is 0 Å². The van der Waals surface area contributed by atoms with E-state index in [0.29, 0.717) is 11.3 Å². The average molecular weight is 313 g/mol. The van der Waals surface area contributed by atoms with Gasteiger partial charge in [-0.25, -0.2) is 0 Å². The standard InChI is InChI=1S/C13H17BrN2O2/c1-16-6-5-15-11(8-16)13(17)10-7-9(14)3-4-12(10)18-2/h3-4,7,11,15H,5-6,8H2,1-2H3. The van der Waals surface area contributed by atoms with Crippen LogP contribution in [0.2, 0.25) is 0 Å². The van der Waals surface area contributed by atoms with Crippen LogP contribution in [-0.2, 0) is 0 Å². The van der Waals surface area contributed by atoms with Gasteiger partial charge in [-0.05, 0) is 25.2 Å². The maximum absolute atomic E-state index is 12.5. The Hall–Kier alpha value is -0.910. The number of ketones is 1. The molecule has 1 saturated heterocycles. The van der Waals surface area contributed by atoms with Crippen molar-refractivity contribution in [2.75, 3.05) is 33.8 Å². The van der Waals surface area contributed by atoms with Gasteiger partial charge in [0.25, 0.3) is 0 Å². The Morgan fingerprint density at radius 1 is 1.56 bits per heavy atom. The van der Waals surface area contributed by atoms with Crippen molar-refractivity contribution in [3.05, 3.63) is 28.2 Å². The number of methoxy groups -OCH3 is 1. The first-order chi connectivity index (χ1) is 8.61. The van der Waals surface area contributed by atoms with Crippen LogP contribution in [0.4, 0.5) is 0 Å². The lowest BCUT2D eigenvalue weighted by Crippen LogP contribution is -2.52. The first kappa shape index (κ1) is 13.5. The fraction of sp³-hybridized carbons (Fsp3) is 0.462. The number of carbonyl (C=O) groups excluding carboxylic acids is 1. The van der Waals surface area contributed by atoms with E-state index in [9.17, 15) is 4.79 Å². The van der Waals surface area contributed by atoms with Crippen molar-refractivity contribution in [2.45, 2.75) is 6.04 Å². The highest BCUT2D eigenvalue weighted by atomic mass is 79.9. The van der Waals surface area contributed by atoms with Crippen LogP contribution >= 0.6 is 15.9 Å². The summed E-state index contributed by atoms with van der Waals surface area (Å²) >= 11 is 3.39. The van der Waals surface area contributed by atoms with Gasteiger partial charge in [0, 0.05) is 24.1 Å². The highest BCUT2D eigenvalue weighted by molar-refractivity contribution is 9.10. The SMILES string of the molecule is COc1ccc(Br)cc1C(=O)C1CN(C)CCN1. The lowest BCUT2D eigenvalue weighted by Gasteiger charge is -2.30. The molecule has 5 heteroatoms. The second-order valence-electron chi connectivity index (χ2n) is 4.48. The van der Waals surface area contributed by atoms with E-state index in [1.165, 1.54) is 0 Å². The Morgan fingerprint density at radius 3 is 3.00 bits per heavy atom. The minimum atomic E-state index is -0.160. The molecule has 1 N–H and O–H groups in total. The molecule has 0 spiro atoms. The number of rotatable bonds is 3. The summed E-state index contributed by atoms with van der Waals surface area (Å²) in [6.45, 7) is 2.54. The molecule has 0 amide bonds. The van der Waals surface area contributed by atoms with Gasteiger partial charge in [0.05, 0.1) is 18.7 Å². The summed E-state index contributed by atoms with van der Waals surface area (Å²) in [6, 6.07) is 5.34. The Balaban J connectivity index is 2.24. The summed E-state index contributed by atoms with van der Waals surface area (Å²) in [5, 5.41) is 3.26. The van der Waals surface area contributed by atoms with Crippen LogP contribution < -0.4 is 10.1 Å². The number of ether oxygens (including phenoxy) is 1. The summed E-state index contributed by atoms with van der Waals surface area (Å²) < 4.78 is 6.14. The molecule has 0 bridgehead atoms. The fourth-order valence-corrected chi connectivity index (χ4v) is 2.49. The van der Waals surface area contributed by atoms with Crippen molar-refractivity contribution in [2.24, 2.45) is 0 Å². The maximum atomic E-state index is 12.5. The molecule has 1 aliphatic rings. The lowest BCUT2D eigenvalue weighted by molar-refractivity contribution is 0.0891. The van der Waals surface area contributed by atoms with Crippen molar-refractivity contribution >= 4 is 21.7 Å². The van der Waals surface area contributed by atoms with Crippen LogP contribution in [0.1, 0.15) is 10.4 Å². The molecule has 0 saturated carbocycles. The molecular weight excluding hydrogens is 296 g/mol. The molecule has 1 aliphatic heterocycles. The molecule has 1 aromatic carbocycles. The fourth-order valence-electron chi connectivity index (χ4n) is 2.13. The average Bonchev–Trinajstić information content (AvgIpc) is 2.38. The Labute approximate surface area is 115 Å². The van der Waals surface area contributed by atoms with Crippen LogP contribution in [-0.4, -0.2) is 50.5 Å². The summed E-state index contributed by atoms with van der Waals surface area (Å²) in [5.41, 5.74) is 0.625. The van der Waals surface area contributed by atoms with Crippen LogP contribution in [0.5, 0.6) is 5.75 Å². The summed E-state index contributed by atoms with van der Waals surface area (Å²) in [7, 11) is 3.61. The summed E-state index contributed by atoms with van der Waals surface area (Å²) in [6.07, 6.45) is 0. The van der Waals surface area contributed by atoms with Crippen LogP contribution in [0.15, 0.2) is 22.7 Å². The zero-order valence-electron chi connectivity index (χ0n) is 10.6. The van der Waals surface area contributed by atoms with Gasteiger partial charge in [-0.1, -0.05) is 15.9 Å². The number of carbonyl (C=O) groups is 1. The predicted molar refractivity (Wildman–Crippen MR) is 74.3 cm³/mol. The van der Waals surface area contributed by atoms with Gasteiger partial charge >= 0.3 is 0 Å². The lowest BCUT2D eigenvalue weighted by atomic mass is 10.0. The molecule has 1 aromatic rings. The number of benzene rings is 1. The van der Waals surface area contributed by atoms with E-state index in [4.69, 9.17) is 4.74 Å². The first-order valence-electron chi connectivity index (χ1n) is 5.91. The zero-order chi connectivity index (χ0) is 13.1. The van der Waals surface area contributed by atoms with E-state index in [1.807, 2.05) is 25.2 Å². The normalized spacial score (nSPS) is 20.7. The van der Waals surface area contributed by atoms with E-state index < -0.39 is 0 Å². The largest absolute Gasteiger partial charge is 0.496 e. The van der Waals surface area contributed by atoms with E-state index in [-0.39, 0.29) is 11.8 Å². The topological polar surface area (TPSA) is 41.6 Å². The quantitative estimate of drug-likeness (QED) is 0.860. The number of likely N-dealkylation sites (N-methyl/N-ethyl adjacent to an activating group) is 1. The summed E-state index contributed by atoms with van der Waals surface area (Å²) in [4.78, 5) is 14.6. The highest BCUT2D eigenvalue weighted by Gasteiger charge is 2.26. The molecule has 0 radical (unpaired) electrons. The number of nitrogens with one attached hydrogen (secondary N) is 1. The van der Waals surface area contributed by atoms with Gasteiger partial charge in [0.15, 0.2) is 5.78 Å². The Bertz CT molecular complexity index is 451. The van der Waals surface area contributed by atoms with E-state index in [2.05, 4.69) is 26.1 Å². The third kappa shape index (κ3) is 2.91. The second-order valence-corrected chi connectivity index (χ2v) is 5.39. The zero-order valence-corrected chi connectivity index (χ0v) is 12.2. The number of hydrogen-bond acceptors (Lipinski definition) is 4. The molecule has 1 heterocycles. The molecule has 18 heavy (non-hydrogen) atoms. The third-order valence-electron chi connectivity index (χ3n) is 3.12. The van der Waals surface area contributed by atoms with Crippen LogP contribution in [0.3, 0.4) is 0 Å². The van der Waals surface area contributed by atoms with Gasteiger partial charge in [-0.15, -0.1) is 0 Å². The van der Waals surface area contributed by atoms with Crippen molar-refractivity contribution in [3.63, 3.8) is 0 Å². The minimum Gasteiger partial charge on any atom is -0.496 e. The molecule has 1 unspecified atom stereocenters. The minimum absolute atomic E-state index is 0.0831. The summed E-state index contributed by atoms with van der Waals surface area (Å²) in [5.74, 6) is 0.706. The second kappa shape index (κ2) is 5.82. The molecule has 98 valence electrons. The van der Waals surface area contributed by atoms with Crippen LogP contribution in [0, 0.1) is 0 Å². The molecular formula is C13H17BrN2O2. The number of piperazine rings is 1. The van der Waals surface area contributed by atoms with Crippen molar-refractivity contribution < 1.29 is 9.53 Å². The van der Waals surface area contributed by atoms with Crippen molar-refractivity contribution in [3.8, 4) is 5.75 Å². The third-order valence-corrected chi connectivity index (χ3v) is 3.62. The van der Waals surface area contributed by atoms with Crippen molar-refractivity contribution in [1.29, 1.82) is 0 Å². The van der Waals surface area contributed by atoms with Gasteiger partial charge in [0.1, 0.15) is 5.75 Å². The molecule has 4 nitrogen and oxygen atoms in total. The van der Waals surface area contributed by atoms with E-state index >= 15 is 0 Å². The van der Waals surface area contributed by atoms with E-state index in [1.54, 1.807) is 7.11 Å². The Kier molecular flexibility index (Phi) is 4.37. The van der Waals surface area contributed by atoms with Gasteiger partial charge in [-0.2, -0.15) is 0 Å². The molecule has 1 atom stereocenters. The van der Waals surface area contributed by atoms with Gasteiger partial charge in [0.2, 0.25) is 0 Å². The monoisotopic (exact) mass is 312 g/mol. The van der Waals surface area contributed by atoms with Gasteiger partial charge in [-0.3, -0.25) is 4.79 Å².